The molecule has 1 aliphatic carbocycles. The van der Waals surface area contributed by atoms with Crippen molar-refractivity contribution in [2.75, 3.05) is 33.7 Å². The molecule has 1 aromatic carbocycles. The summed E-state index contributed by atoms with van der Waals surface area (Å²) in [7, 11) is 3.60. The molecule has 0 radical (unpaired) electrons. The third-order valence-electron chi connectivity index (χ3n) is 3.98. The number of nitrogens with one attached hydrogen (secondary N) is 2. The van der Waals surface area contributed by atoms with Crippen LogP contribution in [0.25, 0.3) is 0 Å². The smallest absolute Gasteiger partial charge is 0.191 e. The number of aliphatic imine (C=N–C) groups is 1. The Kier molecular flexibility index (Phi) is 8.90. The fraction of sp³-hybridized carbons (Fsp3) is 0.588. The Morgan fingerprint density at radius 1 is 1.25 bits per heavy atom. The molecular weight excluding hydrogens is 425 g/mol. The fourth-order valence-corrected chi connectivity index (χ4v) is 2.42. The van der Waals surface area contributed by atoms with Gasteiger partial charge >= 0.3 is 0 Å². The maximum atomic E-state index is 14.0. The van der Waals surface area contributed by atoms with E-state index in [2.05, 4.69) is 15.6 Å². The van der Waals surface area contributed by atoms with Crippen molar-refractivity contribution in [3.8, 4) is 0 Å². The molecule has 1 fully saturated rings. The van der Waals surface area contributed by atoms with Crippen LogP contribution in [0.15, 0.2) is 23.2 Å². The van der Waals surface area contributed by atoms with Crippen molar-refractivity contribution in [2.45, 2.75) is 25.8 Å². The van der Waals surface area contributed by atoms with E-state index in [9.17, 15) is 8.78 Å². The van der Waals surface area contributed by atoms with E-state index in [1.54, 1.807) is 19.0 Å². The largest absolute Gasteiger partial charge is 0.357 e. The lowest BCUT2D eigenvalue weighted by Gasteiger charge is -2.24. The molecule has 0 saturated heterocycles. The van der Waals surface area contributed by atoms with Crippen LogP contribution in [0.2, 0.25) is 0 Å². The van der Waals surface area contributed by atoms with Crippen LogP contribution in [0, 0.1) is 17.6 Å². The molecule has 1 aromatic rings. The lowest BCUT2D eigenvalue weighted by Crippen LogP contribution is -2.39. The molecule has 0 aliphatic heterocycles. The van der Waals surface area contributed by atoms with E-state index in [0.717, 1.165) is 19.0 Å². The highest BCUT2D eigenvalue weighted by Gasteiger charge is 2.23. The highest BCUT2D eigenvalue weighted by Crippen LogP contribution is 2.27. The topological polar surface area (TPSA) is 39.7 Å². The summed E-state index contributed by atoms with van der Waals surface area (Å²) in [6.45, 7) is 3.92. The van der Waals surface area contributed by atoms with Gasteiger partial charge in [-0.15, -0.1) is 24.0 Å². The van der Waals surface area contributed by atoms with E-state index >= 15 is 0 Å². The summed E-state index contributed by atoms with van der Waals surface area (Å²) in [5.74, 6) is 0.361. The standard InChI is InChI=1S/C17H26F2N4.HI/c1-4-20-17(21-10-12-8-9-12)22-11-15(23(2)3)16-13(18)6-5-7-14(16)19;/h5-7,12,15H,4,8-11H2,1-3H3,(H2,20,21,22);1H. The lowest BCUT2D eigenvalue weighted by atomic mass is 10.0. The third-order valence-corrected chi connectivity index (χ3v) is 3.98. The first-order valence-corrected chi connectivity index (χ1v) is 8.15. The molecule has 7 heteroatoms. The average molecular weight is 452 g/mol. The summed E-state index contributed by atoms with van der Waals surface area (Å²) in [5.41, 5.74) is 0.0688. The molecule has 1 unspecified atom stereocenters. The van der Waals surface area contributed by atoms with Crippen molar-refractivity contribution >= 4 is 29.9 Å². The SMILES string of the molecule is CCNC(=NCC(c1c(F)cccc1F)N(C)C)NCC1CC1.I. The second-order valence-electron chi connectivity index (χ2n) is 6.16. The zero-order chi connectivity index (χ0) is 16.8. The average Bonchev–Trinajstić information content (AvgIpc) is 3.31. The summed E-state index contributed by atoms with van der Waals surface area (Å²) >= 11 is 0. The molecule has 0 amide bonds. The lowest BCUT2D eigenvalue weighted by molar-refractivity contribution is 0.290. The van der Waals surface area contributed by atoms with Gasteiger partial charge in [0.25, 0.3) is 0 Å². The van der Waals surface area contributed by atoms with Crippen LogP contribution in [-0.4, -0.2) is 44.6 Å². The molecule has 24 heavy (non-hydrogen) atoms. The highest BCUT2D eigenvalue weighted by atomic mass is 127. The van der Waals surface area contributed by atoms with E-state index in [1.807, 2.05) is 6.92 Å². The van der Waals surface area contributed by atoms with E-state index < -0.39 is 17.7 Å². The van der Waals surface area contributed by atoms with Crippen LogP contribution in [0.4, 0.5) is 8.78 Å². The maximum absolute atomic E-state index is 14.0. The van der Waals surface area contributed by atoms with Crippen LogP contribution in [0.5, 0.6) is 0 Å². The highest BCUT2D eigenvalue weighted by molar-refractivity contribution is 14.0. The van der Waals surface area contributed by atoms with E-state index in [1.165, 1.54) is 31.0 Å². The summed E-state index contributed by atoms with van der Waals surface area (Å²) in [6.07, 6.45) is 2.51. The Morgan fingerprint density at radius 3 is 2.38 bits per heavy atom. The zero-order valence-electron chi connectivity index (χ0n) is 14.5. The second kappa shape index (κ2) is 10.1. The van der Waals surface area contributed by atoms with Gasteiger partial charge in [0.05, 0.1) is 12.6 Å². The number of hydrogen-bond acceptors (Lipinski definition) is 2. The van der Waals surface area contributed by atoms with E-state index in [0.29, 0.717) is 5.96 Å². The summed E-state index contributed by atoms with van der Waals surface area (Å²) in [6, 6.07) is 3.50. The summed E-state index contributed by atoms with van der Waals surface area (Å²) in [5, 5.41) is 6.46. The van der Waals surface area contributed by atoms with E-state index in [4.69, 9.17) is 0 Å². The number of hydrogen-bond donors (Lipinski definition) is 2. The maximum Gasteiger partial charge on any atom is 0.191 e. The molecule has 0 bridgehead atoms. The van der Waals surface area contributed by atoms with Crippen LogP contribution in [-0.2, 0) is 0 Å². The van der Waals surface area contributed by atoms with Gasteiger partial charge in [0.2, 0.25) is 0 Å². The number of nitrogens with zero attached hydrogens (tertiary/aromatic N) is 2. The van der Waals surface area contributed by atoms with Gasteiger partial charge in [0.15, 0.2) is 5.96 Å². The molecule has 4 nitrogen and oxygen atoms in total. The van der Waals surface area contributed by atoms with E-state index in [-0.39, 0.29) is 36.1 Å². The van der Waals surface area contributed by atoms with Crippen LogP contribution >= 0.6 is 24.0 Å². The first-order chi connectivity index (χ1) is 11.0. The quantitative estimate of drug-likeness (QED) is 0.380. The minimum absolute atomic E-state index is 0. The van der Waals surface area contributed by atoms with Crippen molar-refractivity contribution in [3.05, 3.63) is 35.4 Å². The van der Waals surface area contributed by atoms with Crippen LogP contribution < -0.4 is 10.6 Å². The zero-order valence-corrected chi connectivity index (χ0v) is 16.8. The molecule has 136 valence electrons. The number of guanidine groups is 1. The molecule has 2 N–H and O–H groups in total. The molecular formula is C17H27F2IN4. The second-order valence-corrected chi connectivity index (χ2v) is 6.16. The Labute approximate surface area is 160 Å². The van der Waals surface area contributed by atoms with Crippen LogP contribution in [0.1, 0.15) is 31.4 Å². The number of likely N-dealkylation sites (N-methyl/N-ethyl adjacent to an activating group) is 1. The monoisotopic (exact) mass is 452 g/mol. The van der Waals surface area contributed by atoms with Gasteiger partial charge in [0.1, 0.15) is 11.6 Å². The van der Waals surface area contributed by atoms with Gasteiger partial charge in [-0.3, -0.25) is 4.99 Å². The molecule has 2 rings (SSSR count). The Morgan fingerprint density at radius 2 is 1.88 bits per heavy atom. The molecule has 1 saturated carbocycles. The van der Waals surface area contributed by atoms with Crippen LogP contribution in [0.3, 0.4) is 0 Å². The Hall–Kier alpha value is -0.960. The van der Waals surface area contributed by atoms with Gasteiger partial charge in [-0.1, -0.05) is 6.07 Å². The first-order valence-electron chi connectivity index (χ1n) is 8.15. The normalized spacial score (nSPS) is 15.8. The first kappa shape index (κ1) is 21.1. The van der Waals surface area contributed by atoms with Crippen molar-refractivity contribution in [3.63, 3.8) is 0 Å². The predicted molar refractivity (Wildman–Crippen MR) is 105 cm³/mol. The molecule has 1 atom stereocenters. The minimum Gasteiger partial charge on any atom is -0.357 e. The van der Waals surface area contributed by atoms with Crippen molar-refractivity contribution in [2.24, 2.45) is 10.9 Å². The Bertz CT molecular complexity index is 527. The summed E-state index contributed by atoms with van der Waals surface area (Å²) < 4.78 is 28.1. The number of halogens is 3. The number of benzene rings is 1. The van der Waals surface area contributed by atoms with Crippen molar-refractivity contribution in [1.29, 1.82) is 0 Å². The Balaban J connectivity index is 0.00000288. The van der Waals surface area contributed by atoms with Gasteiger partial charge in [-0.25, -0.2) is 8.78 Å². The van der Waals surface area contributed by atoms with Crippen molar-refractivity contribution in [1.82, 2.24) is 15.5 Å². The van der Waals surface area contributed by atoms with Crippen molar-refractivity contribution < 1.29 is 8.78 Å². The third kappa shape index (κ3) is 6.16. The minimum atomic E-state index is -0.533. The predicted octanol–water partition coefficient (Wildman–Crippen LogP) is 3.15. The molecule has 0 heterocycles. The molecule has 0 aromatic heterocycles. The van der Waals surface area contributed by atoms with Gasteiger partial charge < -0.3 is 15.5 Å². The summed E-state index contributed by atoms with van der Waals surface area (Å²) in [4.78, 5) is 6.30. The molecule has 1 aliphatic rings. The molecule has 0 spiro atoms. The fourth-order valence-electron chi connectivity index (χ4n) is 2.42. The van der Waals surface area contributed by atoms with Gasteiger partial charge in [-0.05, 0) is 51.9 Å². The van der Waals surface area contributed by atoms with Gasteiger partial charge in [-0.2, -0.15) is 0 Å². The van der Waals surface area contributed by atoms with Gasteiger partial charge in [0, 0.05) is 18.7 Å². The number of rotatable bonds is 7.